The molecule has 1 saturated heterocycles. The van der Waals surface area contributed by atoms with Crippen molar-refractivity contribution in [2.75, 3.05) is 0 Å². The van der Waals surface area contributed by atoms with Gasteiger partial charge in [0.05, 0.1) is 17.7 Å². The summed E-state index contributed by atoms with van der Waals surface area (Å²) < 4.78 is 0. The molecular formula is C18H26BrN3O2. The average Bonchev–Trinajstić information content (AvgIpc) is 3.14. The summed E-state index contributed by atoms with van der Waals surface area (Å²) in [4.78, 5) is 14.9. The van der Waals surface area contributed by atoms with Gasteiger partial charge in [-0.05, 0) is 74.5 Å². The Morgan fingerprint density at radius 1 is 1.21 bits per heavy atom. The fourth-order valence-electron chi connectivity index (χ4n) is 6.96. The van der Waals surface area contributed by atoms with E-state index in [1.165, 1.54) is 6.42 Å². The van der Waals surface area contributed by atoms with Crippen LogP contribution < -0.4 is 5.73 Å². The van der Waals surface area contributed by atoms with Crippen molar-refractivity contribution in [3.05, 3.63) is 0 Å². The second-order valence-corrected chi connectivity index (χ2v) is 9.21. The van der Waals surface area contributed by atoms with Crippen LogP contribution >= 0.6 is 17.0 Å². The summed E-state index contributed by atoms with van der Waals surface area (Å²) in [6.07, 6.45) is 7.48. The number of amides is 1. The van der Waals surface area contributed by atoms with Crippen LogP contribution in [0.25, 0.3) is 0 Å². The zero-order valence-corrected chi connectivity index (χ0v) is 15.6. The third kappa shape index (κ3) is 2.21. The summed E-state index contributed by atoms with van der Waals surface area (Å²) in [7, 11) is 0. The highest BCUT2D eigenvalue weighted by molar-refractivity contribution is 8.93. The molecule has 0 aromatic heterocycles. The van der Waals surface area contributed by atoms with Gasteiger partial charge in [-0.1, -0.05) is 0 Å². The Bertz CT molecular complexity index is 604. The molecule has 4 bridgehead atoms. The minimum atomic E-state index is -0.594. The molecule has 1 heterocycles. The maximum Gasteiger partial charge on any atom is 0.241 e. The predicted octanol–water partition coefficient (Wildman–Crippen LogP) is 1.74. The van der Waals surface area contributed by atoms with Gasteiger partial charge in [0.2, 0.25) is 5.91 Å². The zero-order valence-electron chi connectivity index (χ0n) is 13.9. The third-order valence-electron chi connectivity index (χ3n) is 7.51. The minimum Gasteiger partial charge on any atom is -0.390 e. The molecule has 0 aromatic rings. The van der Waals surface area contributed by atoms with E-state index in [1.54, 1.807) is 4.90 Å². The Balaban J connectivity index is 0.00000146. The van der Waals surface area contributed by atoms with Crippen molar-refractivity contribution in [1.29, 1.82) is 5.26 Å². The SMILES string of the molecule is Br.N#C[C@@H]1C[C@@H]2C[C@@H]2N1C(=O)[C@@H](N)C12CC3CC(CC(O)(C3)C1)C2. The van der Waals surface area contributed by atoms with Crippen LogP contribution in [0.5, 0.6) is 0 Å². The van der Waals surface area contributed by atoms with E-state index in [0.717, 1.165) is 38.5 Å². The molecule has 3 N–H and O–H groups in total. The van der Waals surface area contributed by atoms with E-state index < -0.39 is 11.6 Å². The number of hydrogen-bond acceptors (Lipinski definition) is 4. The van der Waals surface area contributed by atoms with Gasteiger partial charge in [0.1, 0.15) is 6.04 Å². The van der Waals surface area contributed by atoms with E-state index in [2.05, 4.69) is 6.07 Å². The van der Waals surface area contributed by atoms with E-state index in [1.807, 2.05) is 0 Å². The van der Waals surface area contributed by atoms with Gasteiger partial charge < -0.3 is 15.7 Å². The van der Waals surface area contributed by atoms with Crippen molar-refractivity contribution in [3.8, 4) is 6.07 Å². The zero-order chi connectivity index (χ0) is 16.0. The molecule has 6 atom stereocenters. The maximum absolute atomic E-state index is 13.1. The van der Waals surface area contributed by atoms with E-state index >= 15 is 0 Å². The molecule has 0 spiro atoms. The molecule has 1 amide bonds. The van der Waals surface area contributed by atoms with Gasteiger partial charge in [-0.25, -0.2) is 0 Å². The molecular weight excluding hydrogens is 370 g/mol. The molecule has 6 aliphatic rings. The molecule has 0 radical (unpaired) electrons. The van der Waals surface area contributed by atoms with Crippen LogP contribution in [0.15, 0.2) is 0 Å². The molecule has 1 aliphatic heterocycles. The highest BCUT2D eigenvalue weighted by Gasteiger charge is 2.62. The highest BCUT2D eigenvalue weighted by atomic mass is 79.9. The van der Waals surface area contributed by atoms with Crippen LogP contribution in [-0.4, -0.2) is 39.6 Å². The van der Waals surface area contributed by atoms with Crippen LogP contribution in [0.2, 0.25) is 0 Å². The summed E-state index contributed by atoms with van der Waals surface area (Å²) in [5, 5.41) is 20.2. The van der Waals surface area contributed by atoms with Crippen molar-refractivity contribution in [2.45, 2.75) is 75.1 Å². The quantitative estimate of drug-likeness (QED) is 0.744. The van der Waals surface area contributed by atoms with Gasteiger partial charge >= 0.3 is 0 Å². The van der Waals surface area contributed by atoms with Gasteiger partial charge in [-0.2, -0.15) is 5.26 Å². The lowest BCUT2D eigenvalue weighted by Crippen LogP contribution is -2.64. The lowest BCUT2D eigenvalue weighted by molar-refractivity contribution is -0.177. The van der Waals surface area contributed by atoms with Crippen LogP contribution in [0.3, 0.4) is 0 Å². The standard InChI is InChI=1S/C18H25N3O2.BrH/c19-8-13-2-12-3-14(12)21(13)16(22)15(20)17-4-10-1-11(5-17)7-18(23,6-10)9-17;/h10-15,23H,1-7,9,20H2;1H/t10?,11?,12-,13+,14+,15-,17?,18?;/m1./s1. The molecule has 6 rings (SSSR count). The number of nitriles is 1. The normalized spacial score (nSPS) is 51.5. The molecule has 0 aromatic carbocycles. The number of halogens is 1. The van der Waals surface area contributed by atoms with E-state index in [-0.39, 0.29) is 40.4 Å². The molecule has 6 fully saturated rings. The molecule has 5 saturated carbocycles. The first kappa shape index (κ1) is 16.8. The van der Waals surface area contributed by atoms with E-state index in [0.29, 0.717) is 24.2 Å². The first-order valence-electron chi connectivity index (χ1n) is 9.13. The number of hydrogen-bond donors (Lipinski definition) is 2. The molecule has 6 heteroatoms. The lowest BCUT2D eigenvalue weighted by Gasteiger charge is -2.61. The highest BCUT2D eigenvalue weighted by Crippen LogP contribution is 2.63. The van der Waals surface area contributed by atoms with Crippen LogP contribution in [0.1, 0.15) is 51.4 Å². The summed E-state index contributed by atoms with van der Waals surface area (Å²) in [5.41, 5.74) is 5.71. The molecule has 2 unspecified atom stereocenters. The Kier molecular flexibility index (Phi) is 3.63. The predicted molar refractivity (Wildman–Crippen MR) is 93.1 cm³/mol. The average molecular weight is 396 g/mol. The Morgan fingerprint density at radius 2 is 1.88 bits per heavy atom. The topological polar surface area (TPSA) is 90.4 Å². The van der Waals surface area contributed by atoms with Gasteiger partial charge in [0, 0.05) is 6.04 Å². The number of rotatable bonds is 2. The van der Waals surface area contributed by atoms with Crippen molar-refractivity contribution < 1.29 is 9.90 Å². The number of nitrogens with two attached hydrogens (primary N) is 1. The summed E-state index contributed by atoms with van der Waals surface area (Å²) in [6.45, 7) is 0. The van der Waals surface area contributed by atoms with Gasteiger partial charge in [0.25, 0.3) is 0 Å². The Morgan fingerprint density at radius 3 is 2.46 bits per heavy atom. The van der Waals surface area contributed by atoms with Crippen molar-refractivity contribution in [2.24, 2.45) is 28.9 Å². The molecule has 5 nitrogen and oxygen atoms in total. The monoisotopic (exact) mass is 395 g/mol. The summed E-state index contributed by atoms with van der Waals surface area (Å²) in [6, 6.07) is 1.72. The Hall–Kier alpha value is -0.640. The number of nitrogens with zero attached hydrogens (tertiary/aromatic N) is 2. The number of aliphatic hydroxyl groups is 1. The molecule has 24 heavy (non-hydrogen) atoms. The number of carbonyl (C=O) groups excluding carboxylic acids is 1. The third-order valence-corrected chi connectivity index (χ3v) is 7.51. The number of likely N-dealkylation sites (tertiary alicyclic amines) is 1. The second-order valence-electron chi connectivity index (χ2n) is 9.21. The molecule has 132 valence electrons. The lowest BCUT2D eigenvalue weighted by atomic mass is 9.46. The molecule has 5 aliphatic carbocycles. The maximum atomic E-state index is 13.1. The van der Waals surface area contributed by atoms with Gasteiger partial charge in [0.15, 0.2) is 0 Å². The van der Waals surface area contributed by atoms with Crippen molar-refractivity contribution in [3.63, 3.8) is 0 Å². The summed E-state index contributed by atoms with van der Waals surface area (Å²) >= 11 is 0. The minimum absolute atomic E-state index is 0. The van der Waals surface area contributed by atoms with Crippen LogP contribution in [0, 0.1) is 34.5 Å². The Labute approximate surface area is 153 Å². The number of fused-ring (bicyclic) bond motifs is 1. The first-order chi connectivity index (χ1) is 10.9. The van der Waals surface area contributed by atoms with Crippen LogP contribution in [-0.2, 0) is 4.79 Å². The fourth-order valence-corrected chi connectivity index (χ4v) is 6.96. The van der Waals surface area contributed by atoms with Gasteiger partial charge in [-0.3, -0.25) is 4.79 Å². The largest absolute Gasteiger partial charge is 0.390 e. The van der Waals surface area contributed by atoms with Crippen LogP contribution in [0.4, 0.5) is 0 Å². The van der Waals surface area contributed by atoms with Crippen molar-refractivity contribution in [1.82, 2.24) is 4.90 Å². The fraction of sp³-hybridized carbons (Fsp3) is 0.889. The number of piperidine rings is 1. The van der Waals surface area contributed by atoms with E-state index in [9.17, 15) is 15.2 Å². The second kappa shape index (κ2) is 5.18. The first-order valence-corrected chi connectivity index (χ1v) is 9.13. The van der Waals surface area contributed by atoms with Crippen molar-refractivity contribution >= 4 is 22.9 Å². The smallest absolute Gasteiger partial charge is 0.241 e. The number of carbonyl (C=O) groups is 1. The van der Waals surface area contributed by atoms with E-state index in [4.69, 9.17) is 5.73 Å². The summed E-state index contributed by atoms with van der Waals surface area (Å²) in [5.74, 6) is 1.56. The van der Waals surface area contributed by atoms with Gasteiger partial charge in [-0.15, -0.1) is 17.0 Å².